The van der Waals surface area contributed by atoms with Gasteiger partial charge in [-0.3, -0.25) is 9.78 Å². The molecule has 2 heterocycles. The second kappa shape index (κ2) is 4.43. The predicted molar refractivity (Wildman–Crippen MR) is 62.2 cm³/mol. The first kappa shape index (κ1) is 10.8. The van der Waals surface area contributed by atoms with E-state index in [9.17, 15) is 4.79 Å². The zero-order valence-electron chi connectivity index (χ0n) is 9.60. The molecular weight excluding hydrogens is 202 g/mol. The average Bonchev–Trinajstić information content (AvgIpc) is 2.32. The lowest BCUT2D eigenvalue weighted by Crippen LogP contribution is -2.28. The van der Waals surface area contributed by atoms with Gasteiger partial charge in [-0.15, -0.1) is 0 Å². The van der Waals surface area contributed by atoms with Crippen LogP contribution in [0.15, 0.2) is 23.6 Å². The van der Waals surface area contributed by atoms with Crippen LogP contribution in [0.5, 0.6) is 0 Å². The number of amides is 1. The number of hydrogen-bond donors (Lipinski definition) is 0. The largest absolute Gasteiger partial charge is 0.273 e. The Morgan fingerprint density at radius 1 is 1.44 bits per heavy atom. The number of aryl methyl sites for hydroxylation is 1. The van der Waals surface area contributed by atoms with Crippen LogP contribution in [0.25, 0.3) is 0 Å². The van der Waals surface area contributed by atoms with Gasteiger partial charge >= 0.3 is 0 Å². The van der Waals surface area contributed by atoms with E-state index < -0.39 is 0 Å². The van der Waals surface area contributed by atoms with E-state index in [1.807, 2.05) is 12.3 Å². The van der Waals surface area contributed by atoms with E-state index in [2.05, 4.69) is 17.0 Å². The summed E-state index contributed by atoms with van der Waals surface area (Å²) in [7, 11) is 1.70. The number of nitrogens with zero attached hydrogens (tertiary/aromatic N) is 3. The lowest BCUT2D eigenvalue weighted by molar-refractivity contribution is -0.130. The minimum absolute atomic E-state index is 0.0795. The summed E-state index contributed by atoms with van der Waals surface area (Å²) in [6.45, 7) is 2.10. The van der Waals surface area contributed by atoms with Crippen molar-refractivity contribution in [1.29, 1.82) is 0 Å². The van der Waals surface area contributed by atoms with E-state index in [-0.39, 0.29) is 5.91 Å². The van der Waals surface area contributed by atoms with Crippen molar-refractivity contribution in [2.75, 3.05) is 7.05 Å². The molecule has 0 unspecified atom stereocenters. The van der Waals surface area contributed by atoms with Gasteiger partial charge in [0.15, 0.2) is 0 Å². The molecule has 0 spiro atoms. The van der Waals surface area contributed by atoms with E-state index in [0.717, 1.165) is 24.1 Å². The summed E-state index contributed by atoms with van der Waals surface area (Å²) < 4.78 is 0. The number of rotatable bonds is 2. The minimum atomic E-state index is 0.0795. The molecule has 4 heteroatoms. The molecule has 0 saturated carbocycles. The molecule has 2 rings (SSSR count). The summed E-state index contributed by atoms with van der Waals surface area (Å²) in [5, 5.41) is 5.74. The maximum atomic E-state index is 11.3. The fourth-order valence-electron chi connectivity index (χ4n) is 1.85. The van der Waals surface area contributed by atoms with Crippen molar-refractivity contribution in [3.63, 3.8) is 0 Å². The van der Waals surface area contributed by atoms with Gasteiger partial charge in [-0.25, -0.2) is 5.01 Å². The number of carbonyl (C=O) groups excluding carboxylic acids is 1. The summed E-state index contributed by atoms with van der Waals surface area (Å²) in [6.07, 6.45) is 5.84. The first-order valence-electron chi connectivity index (χ1n) is 5.49. The van der Waals surface area contributed by atoms with Gasteiger partial charge in [0.2, 0.25) is 5.91 Å². The summed E-state index contributed by atoms with van der Waals surface area (Å²) >= 11 is 0. The van der Waals surface area contributed by atoms with Crippen LogP contribution in [0.3, 0.4) is 0 Å². The van der Waals surface area contributed by atoms with E-state index in [0.29, 0.717) is 6.42 Å². The van der Waals surface area contributed by atoms with Crippen LogP contribution >= 0.6 is 0 Å². The average molecular weight is 217 g/mol. The molecule has 0 radical (unpaired) electrons. The normalized spacial score (nSPS) is 16.2. The van der Waals surface area contributed by atoms with Crippen LogP contribution in [0.1, 0.15) is 30.9 Å². The van der Waals surface area contributed by atoms with Gasteiger partial charge in [-0.05, 0) is 18.1 Å². The Labute approximate surface area is 95.0 Å². The molecule has 4 nitrogen and oxygen atoms in total. The molecule has 0 aliphatic carbocycles. The molecule has 0 aromatic carbocycles. The summed E-state index contributed by atoms with van der Waals surface area (Å²) in [4.78, 5) is 15.4. The fourth-order valence-corrected chi connectivity index (χ4v) is 1.85. The Morgan fingerprint density at radius 3 is 2.94 bits per heavy atom. The maximum Gasteiger partial charge on any atom is 0.242 e. The highest BCUT2D eigenvalue weighted by atomic mass is 16.2. The third-order valence-corrected chi connectivity index (χ3v) is 2.80. The molecule has 1 amide bonds. The standard InChI is InChI=1S/C12H15N3O/c1-3-9-8-13-7-6-10(9)11-4-5-12(16)15(2)14-11/h6-8H,3-5H2,1-2H3. The molecule has 0 bridgehead atoms. The molecular formula is C12H15N3O. The van der Waals surface area contributed by atoms with Gasteiger partial charge in [-0.1, -0.05) is 6.92 Å². The van der Waals surface area contributed by atoms with E-state index in [4.69, 9.17) is 0 Å². The maximum absolute atomic E-state index is 11.3. The first-order chi connectivity index (χ1) is 7.72. The predicted octanol–water partition coefficient (Wildman–Crippen LogP) is 1.60. The Morgan fingerprint density at radius 2 is 2.25 bits per heavy atom. The van der Waals surface area contributed by atoms with Crippen molar-refractivity contribution in [3.8, 4) is 0 Å². The SMILES string of the molecule is CCc1cnccc1C1=NN(C)C(=O)CC1. The van der Waals surface area contributed by atoms with E-state index in [1.165, 1.54) is 10.6 Å². The highest BCUT2D eigenvalue weighted by Gasteiger charge is 2.19. The Kier molecular flexibility index (Phi) is 2.99. The van der Waals surface area contributed by atoms with Crippen molar-refractivity contribution >= 4 is 11.6 Å². The zero-order chi connectivity index (χ0) is 11.5. The summed E-state index contributed by atoms with van der Waals surface area (Å²) in [5.74, 6) is 0.0795. The Balaban J connectivity index is 2.37. The van der Waals surface area contributed by atoms with Crippen molar-refractivity contribution < 1.29 is 4.79 Å². The van der Waals surface area contributed by atoms with Gasteiger partial charge in [0.25, 0.3) is 0 Å². The van der Waals surface area contributed by atoms with Crippen molar-refractivity contribution in [3.05, 3.63) is 29.6 Å². The van der Waals surface area contributed by atoms with Crippen molar-refractivity contribution in [2.24, 2.45) is 5.10 Å². The molecule has 0 saturated heterocycles. The minimum Gasteiger partial charge on any atom is -0.273 e. The van der Waals surface area contributed by atoms with Crippen molar-refractivity contribution in [1.82, 2.24) is 9.99 Å². The molecule has 1 aliphatic heterocycles. The molecule has 1 aliphatic rings. The monoisotopic (exact) mass is 217 g/mol. The molecule has 0 atom stereocenters. The van der Waals surface area contributed by atoms with Crippen molar-refractivity contribution in [2.45, 2.75) is 26.2 Å². The zero-order valence-corrected chi connectivity index (χ0v) is 9.60. The highest BCUT2D eigenvalue weighted by molar-refractivity contribution is 6.05. The number of carbonyl (C=O) groups is 1. The topological polar surface area (TPSA) is 45.6 Å². The van der Waals surface area contributed by atoms with Crippen LogP contribution in [-0.4, -0.2) is 28.7 Å². The molecule has 1 aromatic heterocycles. The molecule has 0 fully saturated rings. The number of hydrazone groups is 1. The van der Waals surface area contributed by atoms with Crippen LogP contribution in [0.4, 0.5) is 0 Å². The van der Waals surface area contributed by atoms with Gasteiger partial charge < -0.3 is 0 Å². The van der Waals surface area contributed by atoms with Crippen LogP contribution in [0, 0.1) is 0 Å². The van der Waals surface area contributed by atoms with E-state index in [1.54, 1.807) is 13.2 Å². The van der Waals surface area contributed by atoms with Crippen LogP contribution < -0.4 is 0 Å². The Bertz CT molecular complexity index is 440. The second-order valence-electron chi connectivity index (χ2n) is 3.85. The number of pyridine rings is 1. The summed E-state index contributed by atoms with van der Waals surface area (Å²) in [5.41, 5.74) is 3.29. The van der Waals surface area contributed by atoms with Crippen LogP contribution in [0.2, 0.25) is 0 Å². The highest BCUT2D eigenvalue weighted by Crippen LogP contribution is 2.17. The van der Waals surface area contributed by atoms with E-state index >= 15 is 0 Å². The molecule has 0 N–H and O–H groups in total. The number of hydrogen-bond acceptors (Lipinski definition) is 3. The third-order valence-electron chi connectivity index (χ3n) is 2.80. The van der Waals surface area contributed by atoms with Gasteiger partial charge in [-0.2, -0.15) is 5.10 Å². The number of aromatic nitrogens is 1. The fraction of sp³-hybridized carbons (Fsp3) is 0.417. The first-order valence-corrected chi connectivity index (χ1v) is 5.49. The van der Waals surface area contributed by atoms with Gasteiger partial charge in [0.05, 0.1) is 5.71 Å². The third kappa shape index (κ3) is 1.96. The molecule has 16 heavy (non-hydrogen) atoms. The van der Waals surface area contributed by atoms with Gasteiger partial charge in [0, 0.05) is 37.8 Å². The lowest BCUT2D eigenvalue weighted by atomic mass is 9.99. The quantitative estimate of drug-likeness (QED) is 0.755. The Hall–Kier alpha value is -1.71. The molecule has 84 valence electrons. The second-order valence-corrected chi connectivity index (χ2v) is 3.85. The smallest absolute Gasteiger partial charge is 0.242 e. The molecule has 1 aromatic rings. The lowest BCUT2D eigenvalue weighted by Gasteiger charge is -2.20. The summed E-state index contributed by atoms with van der Waals surface area (Å²) in [6, 6.07) is 1.97. The van der Waals surface area contributed by atoms with Crippen LogP contribution in [-0.2, 0) is 11.2 Å². The van der Waals surface area contributed by atoms with Gasteiger partial charge in [0.1, 0.15) is 0 Å².